The number of methoxy groups -OCH3 is 1. The van der Waals surface area contributed by atoms with Crippen molar-refractivity contribution in [2.24, 2.45) is 23.7 Å². The van der Waals surface area contributed by atoms with Gasteiger partial charge in [0.2, 0.25) is 11.8 Å². The number of imide groups is 4. The average Bonchev–Trinajstić information content (AvgIpc) is 3.44. The van der Waals surface area contributed by atoms with Crippen molar-refractivity contribution in [1.29, 1.82) is 0 Å². The van der Waals surface area contributed by atoms with Crippen LogP contribution in [0.3, 0.4) is 0 Å². The fraction of sp³-hybridized carbons (Fsp3) is 0.286. The van der Waals surface area contributed by atoms with Gasteiger partial charge in [0.1, 0.15) is 5.75 Å². The van der Waals surface area contributed by atoms with Gasteiger partial charge in [-0.15, -0.1) is 0 Å². The summed E-state index contributed by atoms with van der Waals surface area (Å²) in [5, 5.41) is 12.5. The molecule has 3 aromatic carbocycles. The molecule has 46 heavy (non-hydrogen) atoms. The zero-order valence-corrected chi connectivity index (χ0v) is 26.6. The summed E-state index contributed by atoms with van der Waals surface area (Å²) in [6.07, 6.45) is 1.01. The number of fused-ring (bicyclic) bond motifs is 4. The second-order valence-electron chi connectivity index (χ2n) is 12.3. The average molecular weight is 685 g/mol. The van der Waals surface area contributed by atoms with E-state index < -0.39 is 64.7 Å². The van der Waals surface area contributed by atoms with Crippen LogP contribution in [0.25, 0.3) is 0 Å². The Balaban J connectivity index is 1.46. The van der Waals surface area contributed by atoms with Crippen molar-refractivity contribution in [3.05, 3.63) is 106 Å². The molecule has 5 amide bonds. The van der Waals surface area contributed by atoms with Crippen LogP contribution in [-0.4, -0.2) is 51.8 Å². The largest absolute Gasteiger partial charge is 0.508 e. The van der Waals surface area contributed by atoms with E-state index in [1.165, 1.54) is 6.07 Å². The number of hydrazine groups is 1. The summed E-state index contributed by atoms with van der Waals surface area (Å²) in [5.41, 5.74) is 4.73. The fourth-order valence-corrected chi connectivity index (χ4v) is 8.50. The number of benzene rings is 3. The summed E-state index contributed by atoms with van der Waals surface area (Å²) in [4.78, 5) is 69.9. The van der Waals surface area contributed by atoms with Gasteiger partial charge in [-0.3, -0.25) is 24.6 Å². The third-order valence-corrected chi connectivity index (χ3v) is 10.5. The molecule has 234 valence electrons. The molecule has 7 rings (SSSR count). The quantitative estimate of drug-likeness (QED) is 0.283. The second kappa shape index (κ2) is 10.9. The van der Waals surface area contributed by atoms with Crippen LogP contribution in [0, 0.1) is 30.6 Å². The number of allylic oxidation sites excluding steroid dienone is 2. The number of amides is 5. The molecule has 4 aliphatic rings. The van der Waals surface area contributed by atoms with Gasteiger partial charge >= 0.3 is 6.09 Å². The predicted octanol–water partition coefficient (Wildman–Crippen LogP) is 5.21. The number of aromatic hydroxyl groups is 1. The number of nitrogens with zero attached hydrogens (tertiary/aromatic N) is 2. The third kappa shape index (κ3) is 4.17. The number of anilines is 1. The molecule has 0 spiro atoms. The second-order valence-corrected chi connectivity index (χ2v) is 13.2. The first-order valence-corrected chi connectivity index (χ1v) is 15.8. The number of ether oxygens (including phenoxy) is 1. The number of nitrogens with one attached hydrogen (secondary N) is 1. The molecule has 3 fully saturated rings. The lowest BCUT2D eigenvalue weighted by Gasteiger charge is -2.50. The highest BCUT2D eigenvalue weighted by Crippen LogP contribution is 2.65. The van der Waals surface area contributed by atoms with Crippen LogP contribution in [0.4, 0.5) is 10.5 Å². The van der Waals surface area contributed by atoms with Crippen LogP contribution in [0.5, 0.6) is 5.75 Å². The molecule has 2 saturated heterocycles. The van der Waals surface area contributed by atoms with Gasteiger partial charge in [-0.05, 0) is 61.6 Å². The Hall–Kier alpha value is -4.77. The summed E-state index contributed by atoms with van der Waals surface area (Å²) in [6.45, 7) is 1.93. The Morgan fingerprint density at radius 3 is 2.37 bits per heavy atom. The topological polar surface area (TPSA) is 133 Å². The third-order valence-electron chi connectivity index (χ3n) is 10.1. The van der Waals surface area contributed by atoms with Gasteiger partial charge in [-0.1, -0.05) is 75.6 Å². The van der Waals surface area contributed by atoms with Crippen molar-refractivity contribution < 1.29 is 33.8 Å². The van der Waals surface area contributed by atoms with Crippen molar-refractivity contribution in [2.75, 3.05) is 12.5 Å². The number of rotatable bonds is 4. The van der Waals surface area contributed by atoms with Gasteiger partial charge in [-0.2, -0.15) is 9.91 Å². The van der Waals surface area contributed by atoms with Crippen LogP contribution in [-0.2, 0) is 29.3 Å². The van der Waals surface area contributed by atoms with Crippen LogP contribution >= 0.6 is 15.9 Å². The number of phenols is 1. The van der Waals surface area contributed by atoms with E-state index in [4.69, 9.17) is 4.74 Å². The van der Waals surface area contributed by atoms with Crippen molar-refractivity contribution in [2.45, 2.75) is 31.1 Å². The summed E-state index contributed by atoms with van der Waals surface area (Å²) in [6, 6.07) is 21.3. The monoisotopic (exact) mass is 683 g/mol. The minimum atomic E-state index is -1.52. The van der Waals surface area contributed by atoms with E-state index >= 15 is 4.79 Å². The van der Waals surface area contributed by atoms with E-state index in [2.05, 4.69) is 21.4 Å². The number of carbonyl (C=O) groups is 5. The van der Waals surface area contributed by atoms with Gasteiger partial charge in [0.25, 0.3) is 11.8 Å². The summed E-state index contributed by atoms with van der Waals surface area (Å²) in [5.74, 6) is -6.72. The lowest BCUT2D eigenvalue weighted by Crippen LogP contribution is -2.53. The maximum Gasteiger partial charge on any atom is 0.423 e. The molecule has 0 unspecified atom stereocenters. The number of halogens is 1. The van der Waals surface area contributed by atoms with E-state index in [1.807, 2.05) is 43.3 Å². The van der Waals surface area contributed by atoms with Crippen molar-refractivity contribution in [3.63, 3.8) is 0 Å². The highest BCUT2D eigenvalue weighted by Gasteiger charge is 2.71. The molecule has 2 aliphatic carbocycles. The van der Waals surface area contributed by atoms with E-state index in [1.54, 1.807) is 36.4 Å². The summed E-state index contributed by atoms with van der Waals surface area (Å²) in [7, 11) is 1.11. The molecule has 0 radical (unpaired) electrons. The first kappa shape index (κ1) is 29.9. The lowest BCUT2D eigenvalue weighted by atomic mass is 9.49. The standard InChI is InChI=1S/C35H30BrN3O7/c1-18-8-11-21(12-9-18)37-39-31(42)26-17-24-22(13-14-23-28(24)32(43)38(30(23)41)34(45)46-2)29(25-16-20(36)10-15-27(25)40)35(26,33(39)44)19-6-4-3-5-7-19/h3-13,15-16,23-24,26,28-29,37,40H,14,17H2,1-2H3/t23-,24+,26-,28-,29+,35+/m0/s1. The first-order chi connectivity index (χ1) is 22.1. The van der Waals surface area contributed by atoms with Gasteiger partial charge in [-0.25, -0.2) is 4.79 Å². The van der Waals surface area contributed by atoms with Crippen LogP contribution in [0.15, 0.2) is 88.9 Å². The predicted molar refractivity (Wildman–Crippen MR) is 169 cm³/mol. The number of hydrogen-bond acceptors (Lipinski definition) is 8. The van der Waals surface area contributed by atoms with E-state index in [0.29, 0.717) is 31.8 Å². The first-order valence-electron chi connectivity index (χ1n) is 15.0. The molecule has 0 aromatic heterocycles. The molecule has 3 aromatic rings. The van der Waals surface area contributed by atoms with Crippen LogP contribution in [0.2, 0.25) is 0 Å². The maximum atomic E-state index is 15.1. The number of carbonyl (C=O) groups excluding carboxylic acids is 5. The molecule has 10 nitrogen and oxygen atoms in total. The minimum Gasteiger partial charge on any atom is -0.508 e. The molecule has 0 bridgehead atoms. The molecular formula is C35H30BrN3O7. The zero-order valence-electron chi connectivity index (χ0n) is 25.0. The normalized spacial score (nSPS) is 28.4. The molecular weight excluding hydrogens is 654 g/mol. The van der Waals surface area contributed by atoms with E-state index in [9.17, 15) is 24.3 Å². The minimum absolute atomic E-state index is 0.0673. The van der Waals surface area contributed by atoms with Crippen molar-refractivity contribution in [3.8, 4) is 5.75 Å². The van der Waals surface area contributed by atoms with Gasteiger partial charge in [0, 0.05) is 16.0 Å². The lowest BCUT2D eigenvalue weighted by molar-refractivity contribution is -0.140. The number of hydrogen-bond donors (Lipinski definition) is 2. The van der Waals surface area contributed by atoms with Gasteiger partial charge in [0.15, 0.2) is 0 Å². The molecule has 2 aliphatic heterocycles. The highest BCUT2D eigenvalue weighted by molar-refractivity contribution is 9.10. The Labute approximate surface area is 273 Å². The molecule has 11 heteroatoms. The summed E-state index contributed by atoms with van der Waals surface area (Å²) >= 11 is 3.52. The Kier molecular flexibility index (Phi) is 7.11. The van der Waals surface area contributed by atoms with Crippen LogP contribution < -0.4 is 5.43 Å². The fourth-order valence-electron chi connectivity index (χ4n) is 8.12. The van der Waals surface area contributed by atoms with Crippen molar-refractivity contribution in [1.82, 2.24) is 9.91 Å². The van der Waals surface area contributed by atoms with E-state index in [-0.39, 0.29) is 18.6 Å². The molecule has 1 saturated carbocycles. The number of phenolic OH excluding ortho intramolecular Hbond substituents is 1. The smallest absolute Gasteiger partial charge is 0.423 e. The SMILES string of the molecule is COC(=O)N1C(=O)[C@H]2[C@H](CC=C3[C@H]2C[C@H]2C(=O)N(Nc4ccc(C)cc4)C(=O)[C@@]2(c2ccccc2)[C@H]3c2cc(Br)ccc2O)C1=O. The van der Waals surface area contributed by atoms with E-state index in [0.717, 1.165) is 17.7 Å². The maximum absolute atomic E-state index is 15.1. The Morgan fingerprint density at radius 2 is 1.67 bits per heavy atom. The Bertz CT molecular complexity index is 1840. The van der Waals surface area contributed by atoms with Crippen molar-refractivity contribution >= 4 is 51.3 Å². The van der Waals surface area contributed by atoms with Gasteiger partial charge < -0.3 is 9.84 Å². The number of likely N-dealkylation sites (tertiary alicyclic amines) is 1. The summed E-state index contributed by atoms with van der Waals surface area (Å²) < 4.78 is 5.41. The molecule has 2 heterocycles. The molecule has 6 atom stereocenters. The Morgan fingerprint density at radius 1 is 0.957 bits per heavy atom. The van der Waals surface area contributed by atoms with Gasteiger partial charge in [0.05, 0.1) is 36.0 Å². The van der Waals surface area contributed by atoms with Crippen LogP contribution in [0.1, 0.15) is 35.4 Å². The number of aryl methyl sites for hydroxylation is 1. The zero-order chi connectivity index (χ0) is 32.5. The highest BCUT2D eigenvalue weighted by atomic mass is 79.9. The molecule has 2 N–H and O–H groups in total.